The fourth-order valence-electron chi connectivity index (χ4n) is 2.43. The number of nitrogens with one attached hydrogen (secondary N) is 1. The van der Waals surface area contributed by atoms with Crippen molar-refractivity contribution in [1.29, 1.82) is 0 Å². The van der Waals surface area contributed by atoms with E-state index in [1.165, 1.54) is 11.6 Å². The number of fused-ring (bicyclic) bond motifs is 3. The Labute approximate surface area is 103 Å². The number of hydrogen-bond acceptors (Lipinski definition) is 2. The summed E-state index contributed by atoms with van der Waals surface area (Å²) in [7, 11) is 0. The molecule has 1 heterocycles. The van der Waals surface area contributed by atoms with Gasteiger partial charge in [0.25, 0.3) is 5.69 Å². The second-order valence-corrected chi connectivity index (χ2v) is 4.49. The smallest absolute Gasteiger partial charge is 0.277 e. The van der Waals surface area contributed by atoms with Crippen LogP contribution in [-0.4, -0.2) is 9.91 Å². The van der Waals surface area contributed by atoms with Gasteiger partial charge in [-0.25, -0.2) is 0 Å². The molecule has 4 heteroatoms. The van der Waals surface area contributed by atoms with Crippen LogP contribution < -0.4 is 0 Å². The molecule has 3 aromatic rings. The van der Waals surface area contributed by atoms with Gasteiger partial charge in [-0.3, -0.25) is 10.1 Å². The Morgan fingerprint density at radius 2 is 1.78 bits per heavy atom. The van der Waals surface area contributed by atoms with Crippen LogP contribution in [-0.2, 0) is 0 Å². The lowest BCUT2D eigenvalue weighted by molar-refractivity contribution is -0.383. The predicted molar refractivity (Wildman–Crippen MR) is 71.9 cm³/mol. The molecular weight excluding hydrogens is 228 g/mol. The molecule has 0 aliphatic carbocycles. The maximum absolute atomic E-state index is 11.0. The Balaban J connectivity index is 2.53. The highest BCUT2D eigenvalue weighted by Gasteiger charge is 2.14. The van der Waals surface area contributed by atoms with E-state index in [1.807, 2.05) is 25.1 Å². The van der Waals surface area contributed by atoms with E-state index in [-0.39, 0.29) is 10.6 Å². The topological polar surface area (TPSA) is 58.9 Å². The monoisotopic (exact) mass is 240 g/mol. The lowest BCUT2D eigenvalue weighted by Gasteiger charge is -2.01. The van der Waals surface area contributed by atoms with Gasteiger partial charge in [-0.2, -0.15) is 0 Å². The summed E-state index contributed by atoms with van der Waals surface area (Å²) in [6, 6.07) is 8.96. The molecule has 0 unspecified atom stereocenters. The number of aryl methyl sites for hydroxylation is 2. The lowest BCUT2D eigenvalue weighted by atomic mass is 10.0. The Kier molecular flexibility index (Phi) is 2.13. The normalized spacial score (nSPS) is 11.2. The van der Waals surface area contributed by atoms with Crippen LogP contribution in [0, 0.1) is 24.0 Å². The summed E-state index contributed by atoms with van der Waals surface area (Å²) >= 11 is 0. The molecule has 0 radical (unpaired) electrons. The molecule has 0 saturated heterocycles. The van der Waals surface area contributed by atoms with Crippen molar-refractivity contribution in [3.8, 4) is 0 Å². The zero-order valence-electron chi connectivity index (χ0n) is 10.2. The van der Waals surface area contributed by atoms with Crippen LogP contribution in [0.1, 0.15) is 11.3 Å². The molecule has 90 valence electrons. The van der Waals surface area contributed by atoms with Crippen LogP contribution in [0.2, 0.25) is 0 Å². The molecule has 0 bridgehead atoms. The van der Waals surface area contributed by atoms with Gasteiger partial charge >= 0.3 is 0 Å². The van der Waals surface area contributed by atoms with Gasteiger partial charge in [0.05, 0.1) is 15.8 Å². The molecule has 4 nitrogen and oxygen atoms in total. The summed E-state index contributed by atoms with van der Waals surface area (Å²) in [6.07, 6.45) is 0. The van der Waals surface area contributed by atoms with Gasteiger partial charge in [-0.1, -0.05) is 18.2 Å². The van der Waals surface area contributed by atoms with E-state index in [4.69, 9.17) is 0 Å². The second-order valence-electron chi connectivity index (χ2n) is 4.49. The zero-order chi connectivity index (χ0) is 12.9. The van der Waals surface area contributed by atoms with Gasteiger partial charge < -0.3 is 4.98 Å². The molecule has 0 aliphatic rings. The van der Waals surface area contributed by atoms with E-state index in [2.05, 4.69) is 11.9 Å². The van der Waals surface area contributed by atoms with Crippen molar-refractivity contribution < 1.29 is 4.92 Å². The lowest BCUT2D eigenvalue weighted by Crippen LogP contribution is -1.89. The first-order valence-corrected chi connectivity index (χ1v) is 5.74. The zero-order valence-corrected chi connectivity index (χ0v) is 10.2. The summed E-state index contributed by atoms with van der Waals surface area (Å²) in [5, 5.41) is 13.7. The highest BCUT2D eigenvalue weighted by molar-refractivity contribution is 6.09. The average molecular weight is 240 g/mol. The first kappa shape index (κ1) is 10.8. The number of nitro groups is 1. The minimum atomic E-state index is -0.336. The molecule has 18 heavy (non-hydrogen) atoms. The maximum Gasteiger partial charge on any atom is 0.277 e. The quantitative estimate of drug-likeness (QED) is 0.518. The van der Waals surface area contributed by atoms with Gasteiger partial charge in [0.15, 0.2) is 0 Å². The van der Waals surface area contributed by atoms with Gasteiger partial charge in [0, 0.05) is 22.5 Å². The van der Waals surface area contributed by atoms with Crippen LogP contribution in [0.4, 0.5) is 5.69 Å². The van der Waals surface area contributed by atoms with Gasteiger partial charge in [0.1, 0.15) is 0 Å². The van der Waals surface area contributed by atoms with Crippen LogP contribution in [0.3, 0.4) is 0 Å². The molecule has 0 fully saturated rings. The van der Waals surface area contributed by atoms with Crippen LogP contribution in [0.15, 0.2) is 30.3 Å². The van der Waals surface area contributed by atoms with E-state index in [0.29, 0.717) is 5.39 Å². The third-order valence-electron chi connectivity index (χ3n) is 3.51. The SMILES string of the molecule is Cc1[nH]c2c(ccc3c([N+](=O)[O-])cccc32)c1C. The fraction of sp³-hybridized carbons (Fsp3) is 0.143. The minimum absolute atomic E-state index is 0.152. The van der Waals surface area contributed by atoms with Crippen molar-refractivity contribution in [1.82, 2.24) is 4.98 Å². The highest BCUT2D eigenvalue weighted by atomic mass is 16.6. The summed E-state index contributed by atoms with van der Waals surface area (Å²) in [5.41, 5.74) is 3.42. The van der Waals surface area contributed by atoms with Gasteiger partial charge in [-0.05, 0) is 25.5 Å². The number of hydrogen-bond donors (Lipinski definition) is 1. The third kappa shape index (κ3) is 1.32. The standard InChI is InChI=1S/C14H12N2O2/c1-8-9(2)15-14-10(8)6-7-11-12(14)4-3-5-13(11)16(17)18/h3-7,15H,1-2H3. The van der Waals surface area contributed by atoms with Crippen LogP contribution in [0.25, 0.3) is 21.7 Å². The van der Waals surface area contributed by atoms with Crippen LogP contribution in [0.5, 0.6) is 0 Å². The minimum Gasteiger partial charge on any atom is -0.358 e. The van der Waals surface area contributed by atoms with Crippen molar-refractivity contribution in [2.75, 3.05) is 0 Å². The molecule has 0 amide bonds. The van der Waals surface area contributed by atoms with Crippen molar-refractivity contribution in [2.24, 2.45) is 0 Å². The van der Waals surface area contributed by atoms with Gasteiger partial charge in [0.2, 0.25) is 0 Å². The van der Waals surface area contributed by atoms with Crippen molar-refractivity contribution in [3.63, 3.8) is 0 Å². The Hall–Kier alpha value is -2.36. The number of rotatable bonds is 1. The summed E-state index contributed by atoms with van der Waals surface area (Å²) in [4.78, 5) is 14.0. The van der Waals surface area contributed by atoms with E-state index >= 15 is 0 Å². The molecule has 0 atom stereocenters. The number of aromatic amines is 1. The maximum atomic E-state index is 11.0. The van der Waals surface area contributed by atoms with Gasteiger partial charge in [-0.15, -0.1) is 0 Å². The first-order valence-electron chi connectivity index (χ1n) is 5.74. The third-order valence-corrected chi connectivity index (χ3v) is 3.51. The van der Waals surface area contributed by atoms with E-state index in [0.717, 1.165) is 22.0 Å². The number of nitrogens with zero attached hydrogens (tertiary/aromatic N) is 1. The average Bonchev–Trinajstić information content (AvgIpc) is 2.65. The summed E-state index contributed by atoms with van der Waals surface area (Å²) in [6.45, 7) is 4.07. The Bertz CT molecular complexity index is 787. The van der Waals surface area contributed by atoms with Crippen molar-refractivity contribution in [2.45, 2.75) is 13.8 Å². The molecule has 3 rings (SSSR count). The fourth-order valence-corrected chi connectivity index (χ4v) is 2.43. The van der Waals surface area contributed by atoms with E-state index < -0.39 is 0 Å². The Morgan fingerprint density at radius 1 is 1.06 bits per heavy atom. The van der Waals surface area contributed by atoms with Crippen molar-refractivity contribution >= 4 is 27.4 Å². The Morgan fingerprint density at radius 3 is 2.50 bits per heavy atom. The summed E-state index contributed by atoms with van der Waals surface area (Å²) in [5.74, 6) is 0. The number of H-pyrrole nitrogens is 1. The molecule has 1 aromatic heterocycles. The predicted octanol–water partition coefficient (Wildman–Crippen LogP) is 3.85. The molecule has 0 aliphatic heterocycles. The summed E-state index contributed by atoms with van der Waals surface area (Å²) < 4.78 is 0. The second kappa shape index (κ2) is 3.57. The molecule has 0 spiro atoms. The largest absolute Gasteiger partial charge is 0.358 e. The number of aromatic nitrogens is 1. The molecule has 2 aromatic carbocycles. The molecule has 0 saturated carbocycles. The van der Waals surface area contributed by atoms with Crippen molar-refractivity contribution in [3.05, 3.63) is 51.7 Å². The number of nitro benzene ring substituents is 1. The molecular formula is C14H12N2O2. The first-order chi connectivity index (χ1) is 8.59. The number of benzene rings is 2. The van der Waals surface area contributed by atoms with E-state index in [9.17, 15) is 10.1 Å². The molecule has 1 N–H and O–H groups in total. The number of non-ortho nitro benzene ring substituents is 1. The highest BCUT2D eigenvalue weighted by Crippen LogP contribution is 2.33. The van der Waals surface area contributed by atoms with Crippen LogP contribution >= 0.6 is 0 Å². The van der Waals surface area contributed by atoms with E-state index in [1.54, 1.807) is 6.07 Å².